The average molecular weight is 367 g/mol. The van der Waals surface area contributed by atoms with Crippen molar-refractivity contribution in [3.05, 3.63) is 23.8 Å². The van der Waals surface area contributed by atoms with Crippen LogP contribution in [-0.4, -0.2) is 44.9 Å². The fraction of sp³-hybridized carbons (Fsp3) is 0.533. The third-order valence-electron chi connectivity index (χ3n) is 3.24. The number of morpholine rings is 1. The zero-order valence-corrected chi connectivity index (χ0v) is 14.0. The quantitative estimate of drug-likeness (QED) is 0.769. The molecule has 9 heteroatoms. The third kappa shape index (κ3) is 5.77. The molecule has 6 nitrogen and oxygen atoms in total. The maximum absolute atomic E-state index is 12.6. The first-order valence-corrected chi connectivity index (χ1v) is 7.41. The molecule has 0 aromatic heterocycles. The summed E-state index contributed by atoms with van der Waals surface area (Å²) in [4.78, 5) is 12.0. The number of amides is 1. The summed E-state index contributed by atoms with van der Waals surface area (Å²) in [5.74, 6) is -0.149. The molecule has 136 valence electrons. The van der Waals surface area contributed by atoms with E-state index in [0.29, 0.717) is 31.9 Å². The van der Waals surface area contributed by atoms with Crippen LogP contribution in [0.15, 0.2) is 18.2 Å². The van der Waals surface area contributed by atoms with E-state index in [1.54, 1.807) is 25.1 Å². The monoisotopic (exact) mass is 366 g/mol. The van der Waals surface area contributed by atoms with Gasteiger partial charge in [-0.1, -0.05) is 12.1 Å². The normalized spacial score (nSPS) is 17.1. The Morgan fingerprint density at radius 3 is 2.92 bits per heavy atom. The van der Waals surface area contributed by atoms with Crippen LogP contribution in [0.5, 0.6) is 11.5 Å². The van der Waals surface area contributed by atoms with E-state index in [9.17, 15) is 13.6 Å². The number of rotatable bonds is 7. The van der Waals surface area contributed by atoms with E-state index in [4.69, 9.17) is 9.47 Å². The second-order valence-electron chi connectivity index (χ2n) is 4.84. The predicted octanol–water partition coefficient (Wildman–Crippen LogP) is 1.71. The van der Waals surface area contributed by atoms with Gasteiger partial charge in [-0.25, -0.2) is 0 Å². The zero-order valence-electron chi connectivity index (χ0n) is 13.2. The van der Waals surface area contributed by atoms with Crippen LogP contribution >= 0.6 is 12.4 Å². The summed E-state index contributed by atoms with van der Waals surface area (Å²) in [6, 6.07) is 4.80. The number of carbonyl (C=O) groups excluding carboxylic acids is 1. The van der Waals surface area contributed by atoms with Crippen molar-refractivity contribution in [2.24, 2.45) is 0 Å². The van der Waals surface area contributed by atoms with Crippen LogP contribution < -0.4 is 20.1 Å². The summed E-state index contributed by atoms with van der Waals surface area (Å²) in [6.07, 6.45) is -0.585. The molecule has 24 heavy (non-hydrogen) atoms. The van der Waals surface area contributed by atoms with Crippen molar-refractivity contribution >= 4 is 18.3 Å². The summed E-state index contributed by atoms with van der Waals surface area (Å²) in [7, 11) is 0. The first-order chi connectivity index (χ1) is 11.1. The SMILES string of the molecule is CCOc1cccc(CNC(=O)C2CNCCO2)c1OC(F)F.Cl. The van der Waals surface area contributed by atoms with Crippen LogP contribution in [-0.2, 0) is 16.1 Å². The Balaban J connectivity index is 0.00000288. The summed E-state index contributed by atoms with van der Waals surface area (Å²) in [5.41, 5.74) is 0.411. The fourth-order valence-electron chi connectivity index (χ4n) is 2.22. The second kappa shape index (κ2) is 10.3. The van der Waals surface area contributed by atoms with Gasteiger partial charge in [0.25, 0.3) is 5.91 Å². The number of hydrogen-bond acceptors (Lipinski definition) is 5. The summed E-state index contributed by atoms with van der Waals surface area (Å²) in [5, 5.41) is 5.71. The summed E-state index contributed by atoms with van der Waals surface area (Å²) < 4.78 is 40.4. The van der Waals surface area contributed by atoms with Crippen LogP contribution in [0.25, 0.3) is 0 Å². The average Bonchev–Trinajstić information content (AvgIpc) is 2.55. The highest BCUT2D eigenvalue weighted by Gasteiger charge is 2.22. The lowest BCUT2D eigenvalue weighted by Crippen LogP contribution is -2.47. The van der Waals surface area contributed by atoms with Crippen molar-refractivity contribution in [1.29, 1.82) is 0 Å². The second-order valence-corrected chi connectivity index (χ2v) is 4.84. The molecule has 2 rings (SSSR count). The molecule has 1 atom stereocenters. The minimum atomic E-state index is -2.98. The van der Waals surface area contributed by atoms with Crippen molar-refractivity contribution in [1.82, 2.24) is 10.6 Å². The molecule has 0 spiro atoms. The number of alkyl halides is 2. The van der Waals surface area contributed by atoms with Gasteiger partial charge in [0.15, 0.2) is 11.5 Å². The molecule has 1 amide bonds. The van der Waals surface area contributed by atoms with Gasteiger partial charge in [0.05, 0.1) is 13.2 Å². The van der Waals surface area contributed by atoms with E-state index in [0.717, 1.165) is 0 Å². The van der Waals surface area contributed by atoms with Gasteiger partial charge < -0.3 is 24.8 Å². The van der Waals surface area contributed by atoms with Crippen molar-refractivity contribution in [3.8, 4) is 11.5 Å². The molecular weight excluding hydrogens is 346 g/mol. The van der Waals surface area contributed by atoms with Gasteiger partial charge in [0.2, 0.25) is 0 Å². The van der Waals surface area contributed by atoms with Crippen molar-refractivity contribution < 1.29 is 27.8 Å². The largest absolute Gasteiger partial charge is 0.490 e. The van der Waals surface area contributed by atoms with E-state index in [2.05, 4.69) is 15.4 Å². The number of ether oxygens (including phenoxy) is 3. The van der Waals surface area contributed by atoms with Crippen LogP contribution in [0.1, 0.15) is 12.5 Å². The molecule has 0 radical (unpaired) electrons. The molecule has 0 aliphatic carbocycles. The van der Waals surface area contributed by atoms with Crippen LogP contribution in [0.2, 0.25) is 0 Å². The highest BCUT2D eigenvalue weighted by atomic mass is 35.5. The Morgan fingerprint density at radius 2 is 2.29 bits per heavy atom. The molecular formula is C15H21ClF2N2O4. The molecule has 1 aliphatic rings. The van der Waals surface area contributed by atoms with Crippen molar-refractivity contribution in [3.63, 3.8) is 0 Å². The molecule has 1 aromatic rings. The number of para-hydroxylation sites is 1. The molecule has 1 fully saturated rings. The third-order valence-corrected chi connectivity index (χ3v) is 3.24. The standard InChI is InChI=1S/C15H20F2N2O4.ClH/c1-2-21-11-5-3-4-10(13(11)23-15(16)17)8-19-14(20)12-9-18-6-7-22-12;/h3-5,12,15,18H,2,6-9H2,1H3,(H,19,20);1H. The van der Waals surface area contributed by atoms with Crippen molar-refractivity contribution in [2.45, 2.75) is 26.2 Å². The van der Waals surface area contributed by atoms with E-state index >= 15 is 0 Å². The topological polar surface area (TPSA) is 68.8 Å². The fourth-order valence-corrected chi connectivity index (χ4v) is 2.22. The molecule has 1 aliphatic heterocycles. The molecule has 1 heterocycles. The number of carbonyl (C=O) groups is 1. The first kappa shape index (κ1) is 20.4. The molecule has 0 saturated carbocycles. The number of halogens is 3. The lowest BCUT2D eigenvalue weighted by atomic mass is 10.1. The molecule has 1 aromatic carbocycles. The summed E-state index contributed by atoms with van der Waals surface area (Å²) in [6.45, 7) is 0.708. The van der Waals surface area contributed by atoms with Crippen LogP contribution in [0.4, 0.5) is 8.78 Å². The first-order valence-electron chi connectivity index (χ1n) is 7.41. The highest BCUT2D eigenvalue weighted by molar-refractivity contribution is 5.85. The maximum atomic E-state index is 12.6. The van der Waals surface area contributed by atoms with Gasteiger partial charge in [-0.15, -0.1) is 12.4 Å². The Hall–Kier alpha value is -1.64. The lowest BCUT2D eigenvalue weighted by Gasteiger charge is -2.23. The van der Waals surface area contributed by atoms with Gasteiger partial charge in [0, 0.05) is 25.2 Å². The van der Waals surface area contributed by atoms with Gasteiger partial charge in [-0.05, 0) is 13.0 Å². The Bertz CT molecular complexity index is 528. The van der Waals surface area contributed by atoms with E-state index in [1.165, 1.54) is 0 Å². The Morgan fingerprint density at radius 1 is 1.50 bits per heavy atom. The van der Waals surface area contributed by atoms with Gasteiger partial charge in [-0.3, -0.25) is 4.79 Å². The Kier molecular flexibility index (Phi) is 8.73. The summed E-state index contributed by atoms with van der Waals surface area (Å²) >= 11 is 0. The number of nitrogens with one attached hydrogen (secondary N) is 2. The van der Waals surface area contributed by atoms with E-state index in [1.807, 2.05) is 0 Å². The highest BCUT2D eigenvalue weighted by Crippen LogP contribution is 2.32. The molecule has 1 saturated heterocycles. The maximum Gasteiger partial charge on any atom is 0.387 e. The molecule has 2 N–H and O–H groups in total. The molecule has 1 unspecified atom stereocenters. The Labute approximate surface area is 145 Å². The van der Waals surface area contributed by atoms with Gasteiger partial charge >= 0.3 is 6.61 Å². The van der Waals surface area contributed by atoms with E-state index < -0.39 is 12.7 Å². The van der Waals surface area contributed by atoms with Crippen molar-refractivity contribution in [2.75, 3.05) is 26.3 Å². The number of benzene rings is 1. The number of hydrogen-bond donors (Lipinski definition) is 2. The minimum absolute atomic E-state index is 0. The molecule has 0 bridgehead atoms. The predicted molar refractivity (Wildman–Crippen MR) is 85.9 cm³/mol. The lowest BCUT2D eigenvalue weighted by molar-refractivity contribution is -0.134. The minimum Gasteiger partial charge on any atom is -0.490 e. The zero-order chi connectivity index (χ0) is 16.7. The van der Waals surface area contributed by atoms with Gasteiger partial charge in [0.1, 0.15) is 6.10 Å². The smallest absolute Gasteiger partial charge is 0.387 e. The van der Waals surface area contributed by atoms with Gasteiger partial charge in [-0.2, -0.15) is 8.78 Å². The van der Waals surface area contributed by atoms with Crippen LogP contribution in [0, 0.1) is 0 Å². The van der Waals surface area contributed by atoms with E-state index in [-0.39, 0.29) is 36.4 Å². The van der Waals surface area contributed by atoms with Crippen LogP contribution in [0.3, 0.4) is 0 Å².